The number of anilines is 1. The van der Waals surface area contributed by atoms with E-state index in [0.29, 0.717) is 18.0 Å². The summed E-state index contributed by atoms with van der Waals surface area (Å²) in [7, 11) is -2.05. The number of carbonyl (C=O) groups is 1. The molecule has 0 aliphatic carbocycles. The third-order valence-corrected chi connectivity index (χ3v) is 6.28. The minimum absolute atomic E-state index is 0.256. The van der Waals surface area contributed by atoms with Crippen molar-refractivity contribution in [1.82, 2.24) is 5.32 Å². The average Bonchev–Trinajstić information content (AvgIpc) is 2.66. The summed E-state index contributed by atoms with van der Waals surface area (Å²) in [5.41, 5.74) is 2.95. The fourth-order valence-electron chi connectivity index (χ4n) is 2.55. The SMILES string of the molecule is COc1ccc(N(CC(=O)NCCSCc2ccccc2C)S(C)(=O)=O)cc1. The highest BCUT2D eigenvalue weighted by Crippen LogP contribution is 2.21. The lowest BCUT2D eigenvalue weighted by atomic mass is 10.1. The van der Waals surface area contributed by atoms with Crippen LogP contribution in [-0.4, -0.2) is 46.5 Å². The fraction of sp³-hybridized carbons (Fsp3) is 0.350. The highest BCUT2D eigenvalue weighted by molar-refractivity contribution is 7.98. The van der Waals surface area contributed by atoms with Gasteiger partial charge in [-0.1, -0.05) is 24.3 Å². The Bertz CT molecular complexity index is 883. The molecule has 2 aromatic rings. The van der Waals surface area contributed by atoms with E-state index < -0.39 is 10.0 Å². The largest absolute Gasteiger partial charge is 0.497 e. The maximum atomic E-state index is 12.2. The summed E-state index contributed by atoms with van der Waals surface area (Å²) in [6, 6.07) is 14.8. The molecule has 8 heteroatoms. The number of thioether (sulfide) groups is 1. The summed E-state index contributed by atoms with van der Waals surface area (Å²) in [5, 5.41) is 2.79. The van der Waals surface area contributed by atoms with Crippen LogP contribution in [0.3, 0.4) is 0 Å². The van der Waals surface area contributed by atoms with Gasteiger partial charge in [-0.25, -0.2) is 8.42 Å². The molecule has 0 bridgehead atoms. The van der Waals surface area contributed by atoms with E-state index >= 15 is 0 Å². The molecule has 0 heterocycles. The molecule has 0 aliphatic heterocycles. The Balaban J connectivity index is 1.84. The minimum atomic E-state index is -3.58. The first kappa shape index (κ1) is 22.1. The van der Waals surface area contributed by atoms with Gasteiger partial charge < -0.3 is 10.1 Å². The van der Waals surface area contributed by atoms with E-state index in [0.717, 1.165) is 22.1 Å². The van der Waals surface area contributed by atoms with Gasteiger partial charge in [0, 0.05) is 18.1 Å². The summed E-state index contributed by atoms with van der Waals surface area (Å²) < 4.78 is 30.4. The van der Waals surface area contributed by atoms with Crippen LogP contribution in [-0.2, 0) is 20.6 Å². The smallest absolute Gasteiger partial charge is 0.240 e. The molecule has 1 N–H and O–H groups in total. The van der Waals surface area contributed by atoms with Gasteiger partial charge in [0.15, 0.2) is 0 Å². The van der Waals surface area contributed by atoms with Crippen LogP contribution in [0, 0.1) is 6.92 Å². The van der Waals surface area contributed by atoms with Crippen molar-refractivity contribution in [2.75, 3.05) is 36.5 Å². The van der Waals surface area contributed by atoms with Gasteiger partial charge in [0.05, 0.1) is 19.1 Å². The Morgan fingerprint density at radius 1 is 1.14 bits per heavy atom. The zero-order valence-corrected chi connectivity index (χ0v) is 18.0. The molecule has 152 valence electrons. The topological polar surface area (TPSA) is 75.7 Å². The molecule has 1 amide bonds. The Kier molecular flexibility index (Phi) is 8.19. The van der Waals surface area contributed by atoms with Crippen LogP contribution < -0.4 is 14.4 Å². The van der Waals surface area contributed by atoms with Crippen molar-refractivity contribution >= 4 is 33.4 Å². The minimum Gasteiger partial charge on any atom is -0.497 e. The zero-order chi connectivity index (χ0) is 20.6. The molecule has 0 radical (unpaired) electrons. The fourth-order valence-corrected chi connectivity index (χ4v) is 4.34. The van der Waals surface area contributed by atoms with Gasteiger partial charge in [-0.15, -0.1) is 0 Å². The third-order valence-electron chi connectivity index (χ3n) is 4.14. The highest BCUT2D eigenvalue weighted by atomic mass is 32.2. The number of hydrogen-bond acceptors (Lipinski definition) is 5. The van der Waals surface area contributed by atoms with E-state index in [2.05, 4.69) is 24.4 Å². The summed E-state index contributed by atoms with van der Waals surface area (Å²) in [4.78, 5) is 12.2. The number of hydrogen-bond donors (Lipinski definition) is 1. The first-order chi connectivity index (χ1) is 13.3. The molecule has 0 aliphatic rings. The molecule has 0 aromatic heterocycles. The molecule has 0 saturated carbocycles. The molecule has 6 nitrogen and oxygen atoms in total. The number of aryl methyl sites for hydroxylation is 1. The number of carbonyl (C=O) groups excluding carboxylic acids is 1. The van der Waals surface area contributed by atoms with E-state index in [1.54, 1.807) is 36.0 Å². The van der Waals surface area contributed by atoms with E-state index in [4.69, 9.17) is 4.74 Å². The van der Waals surface area contributed by atoms with Crippen LogP contribution in [0.25, 0.3) is 0 Å². The predicted molar refractivity (Wildman–Crippen MR) is 116 cm³/mol. The molecule has 0 unspecified atom stereocenters. The van der Waals surface area contributed by atoms with Gasteiger partial charge in [-0.2, -0.15) is 11.8 Å². The number of rotatable bonds is 10. The quantitative estimate of drug-likeness (QED) is 0.596. The normalized spacial score (nSPS) is 11.1. The number of amides is 1. The van der Waals surface area contributed by atoms with Crippen LogP contribution in [0.4, 0.5) is 5.69 Å². The highest BCUT2D eigenvalue weighted by Gasteiger charge is 2.20. The van der Waals surface area contributed by atoms with Crippen molar-refractivity contribution in [2.45, 2.75) is 12.7 Å². The van der Waals surface area contributed by atoms with E-state index in [9.17, 15) is 13.2 Å². The van der Waals surface area contributed by atoms with Crippen molar-refractivity contribution in [3.05, 3.63) is 59.7 Å². The standard InChI is InChI=1S/C20H26N2O4S2/c1-16-6-4-5-7-17(16)15-27-13-12-21-20(23)14-22(28(3,24)25)18-8-10-19(26-2)11-9-18/h4-11H,12-15H2,1-3H3,(H,21,23). The van der Waals surface area contributed by atoms with Crippen molar-refractivity contribution in [3.63, 3.8) is 0 Å². The molecule has 2 aromatic carbocycles. The molecule has 0 saturated heterocycles. The lowest BCUT2D eigenvalue weighted by molar-refractivity contribution is -0.119. The van der Waals surface area contributed by atoms with Crippen molar-refractivity contribution in [2.24, 2.45) is 0 Å². The first-order valence-electron chi connectivity index (χ1n) is 8.82. The van der Waals surface area contributed by atoms with E-state index in [-0.39, 0.29) is 12.5 Å². The van der Waals surface area contributed by atoms with Gasteiger partial charge in [0.1, 0.15) is 12.3 Å². The molecule has 2 rings (SSSR count). The van der Waals surface area contributed by atoms with Gasteiger partial charge >= 0.3 is 0 Å². The second kappa shape index (κ2) is 10.4. The average molecular weight is 423 g/mol. The Morgan fingerprint density at radius 2 is 1.82 bits per heavy atom. The molecule has 0 atom stereocenters. The van der Waals surface area contributed by atoms with Crippen LogP contribution in [0.1, 0.15) is 11.1 Å². The molecule has 0 spiro atoms. The number of ether oxygens (including phenoxy) is 1. The number of methoxy groups -OCH3 is 1. The number of benzene rings is 2. The summed E-state index contributed by atoms with van der Waals surface area (Å²) >= 11 is 1.73. The van der Waals surface area contributed by atoms with Crippen molar-refractivity contribution < 1.29 is 17.9 Å². The van der Waals surface area contributed by atoms with Crippen LogP contribution in [0.2, 0.25) is 0 Å². The second-order valence-corrected chi connectivity index (χ2v) is 9.31. The number of nitrogens with zero attached hydrogens (tertiary/aromatic N) is 1. The molecular weight excluding hydrogens is 396 g/mol. The van der Waals surface area contributed by atoms with Crippen LogP contribution >= 0.6 is 11.8 Å². The lowest BCUT2D eigenvalue weighted by Crippen LogP contribution is -2.41. The lowest BCUT2D eigenvalue weighted by Gasteiger charge is -2.22. The Hall–Kier alpha value is -2.19. The van der Waals surface area contributed by atoms with Crippen LogP contribution in [0.5, 0.6) is 5.75 Å². The maximum absolute atomic E-state index is 12.2. The van der Waals surface area contributed by atoms with E-state index in [1.165, 1.54) is 18.2 Å². The van der Waals surface area contributed by atoms with Gasteiger partial charge in [-0.05, 0) is 42.3 Å². The summed E-state index contributed by atoms with van der Waals surface area (Å²) in [5.74, 6) is 1.91. The number of sulfonamides is 1. The van der Waals surface area contributed by atoms with Gasteiger partial charge in [0.25, 0.3) is 0 Å². The Morgan fingerprint density at radius 3 is 2.43 bits per heavy atom. The van der Waals surface area contributed by atoms with Gasteiger partial charge in [0.2, 0.25) is 15.9 Å². The van der Waals surface area contributed by atoms with Crippen molar-refractivity contribution in [3.8, 4) is 5.75 Å². The molecular formula is C20H26N2O4S2. The molecule has 28 heavy (non-hydrogen) atoms. The number of nitrogens with one attached hydrogen (secondary N) is 1. The zero-order valence-electron chi connectivity index (χ0n) is 16.3. The second-order valence-electron chi connectivity index (χ2n) is 6.30. The predicted octanol–water partition coefficient (Wildman–Crippen LogP) is 2.82. The third kappa shape index (κ3) is 6.76. The maximum Gasteiger partial charge on any atom is 0.240 e. The first-order valence-corrected chi connectivity index (χ1v) is 11.8. The Labute approximate surface area is 171 Å². The summed E-state index contributed by atoms with van der Waals surface area (Å²) in [6.07, 6.45) is 1.09. The van der Waals surface area contributed by atoms with E-state index in [1.807, 2.05) is 12.1 Å². The molecule has 0 fully saturated rings. The van der Waals surface area contributed by atoms with Crippen LogP contribution in [0.15, 0.2) is 48.5 Å². The van der Waals surface area contributed by atoms with Gasteiger partial charge in [-0.3, -0.25) is 9.10 Å². The van der Waals surface area contributed by atoms with Crippen molar-refractivity contribution in [1.29, 1.82) is 0 Å². The monoisotopic (exact) mass is 422 g/mol. The summed E-state index contributed by atoms with van der Waals surface area (Å²) in [6.45, 7) is 2.31.